The molecular formula is C18H31NO. The Labute approximate surface area is 124 Å². The quantitative estimate of drug-likeness (QED) is 0.676. The van der Waals surface area contributed by atoms with Gasteiger partial charge in [-0.25, -0.2) is 0 Å². The minimum atomic E-state index is 0.147. The van der Waals surface area contributed by atoms with Crippen LogP contribution >= 0.6 is 0 Å². The van der Waals surface area contributed by atoms with E-state index in [4.69, 9.17) is 4.74 Å². The highest BCUT2D eigenvalue weighted by molar-refractivity contribution is 5.19. The van der Waals surface area contributed by atoms with E-state index in [9.17, 15) is 0 Å². The van der Waals surface area contributed by atoms with Crippen LogP contribution in [0.25, 0.3) is 0 Å². The minimum absolute atomic E-state index is 0.147. The molecule has 2 heteroatoms. The third kappa shape index (κ3) is 5.26. The zero-order chi connectivity index (χ0) is 14.8. The second kappa shape index (κ2) is 9.95. The third-order valence-electron chi connectivity index (χ3n) is 3.79. The van der Waals surface area contributed by atoms with Crippen molar-refractivity contribution in [2.24, 2.45) is 5.92 Å². The number of rotatable bonds is 10. The number of hydrogen-bond donors (Lipinski definition) is 1. The van der Waals surface area contributed by atoms with Crippen LogP contribution in [0.5, 0.6) is 0 Å². The lowest BCUT2D eigenvalue weighted by atomic mass is 9.89. The van der Waals surface area contributed by atoms with Gasteiger partial charge in [-0.15, -0.1) is 0 Å². The van der Waals surface area contributed by atoms with E-state index in [1.54, 1.807) is 0 Å². The molecule has 1 rings (SSSR count). The number of hydrogen-bond acceptors (Lipinski definition) is 2. The highest BCUT2D eigenvalue weighted by atomic mass is 16.5. The minimum Gasteiger partial charge on any atom is -0.372 e. The molecule has 0 radical (unpaired) electrons. The molecule has 1 aromatic carbocycles. The van der Waals surface area contributed by atoms with Gasteiger partial charge in [0.25, 0.3) is 0 Å². The number of benzene rings is 1. The van der Waals surface area contributed by atoms with Gasteiger partial charge in [-0.3, -0.25) is 0 Å². The van der Waals surface area contributed by atoms with Gasteiger partial charge in [-0.05, 0) is 37.8 Å². The maximum Gasteiger partial charge on any atom is 0.0980 e. The summed E-state index contributed by atoms with van der Waals surface area (Å²) in [5.41, 5.74) is 1.28. The highest BCUT2D eigenvalue weighted by Crippen LogP contribution is 2.28. The van der Waals surface area contributed by atoms with Crippen molar-refractivity contribution in [2.75, 3.05) is 13.2 Å². The lowest BCUT2D eigenvalue weighted by molar-refractivity contribution is 0.0169. The monoisotopic (exact) mass is 277 g/mol. The Morgan fingerprint density at radius 2 is 1.75 bits per heavy atom. The van der Waals surface area contributed by atoms with Crippen LogP contribution in [0.15, 0.2) is 30.3 Å². The third-order valence-corrected chi connectivity index (χ3v) is 3.79. The first-order chi connectivity index (χ1) is 9.74. The van der Waals surface area contributed by atoms with Gasteiger partial charge < -0.3 is 10.1 Å². The number of ether oxygens (including phenoxy) is 1. The van der Waals surface area contributed by atoms with Crippen LogP contribution < -0.4 is 5.32 Å². The molecule has 3 unspecified atom stereocenters. The lowest BCUT2D eigenvalue weighted by Crippen LogP contribution is -2.41. The largest absolute Gasteiger partial charge is 0.372 e. The fraction of sp³-hybridized carbons (Fsp3) is 0.667. The summed E-state index contributed by atoms with van der Waals surface area (Å²) < 4.78 is 6.09. The molecule has 1 aromatic rings. The summed E-state index contributed by atoms with van der Waals surface area (Å²) in [4.78, 5) is 0. The van der Waals surface area contributed by atoms with Crippen molar-refractivity contribution in [1.29, 1.82) is 0 Å². The van der Waals surface area contributed by atoms with Crippen molar-refractivity contribution in [2.45, 2.75) is 59.1 Å². The van der Waals surface area contributed by atoms with Gasteiger partial charge in [-0.2, -0.15) is 0 Å². The molecule has 0 aromatic heterocycles. The summed E-state index contributed by atoms with van der Waals surface area (Å²) in [5, 5.41) is 3.71. The fourth-order valence-corrected chi connectivity index (χ4v) is 2.78. The fourth-order valence-electron chi connectivity index (χ4n) is 2.78. The van der Waals surface area contributed by atoms with E-state index in [0.29, 0.717) is 12.0 Å². The Bertz CT molecular complexity index is 339. The summed E-state index contributed by atoms with van der Waals surface area (Å²) in [7, 11) is 0. The molecule has 1 N–H and O–H groups in total. The molecule has 0 spiro atoms. The molecule has 0 amide bonds. The molecule has 3 atom stereocenters. The first kappa shape index (κ1) is 17.2. The first-order valence-corrected chi connectivity index (χ1v) is 8.14. The summed E-state index contributed by atoms with van der Waals surface area (Å²) in [6, 6.07) is 11.0. The average molecular weight is 277 g/mol. The Hall–Kier alpha value is -0.860. The van der Waals surface area contributed by atoms with E-state index in [2.05, 4.69) is 63.3 Å². The molecule has 0 heterocycles. The van der Waals surface area contributed by atoms with Crippen LogP contribution in [0.1, 0.15) is 58.6 Å². The van der Waals surface area contributed by atoms with E-state index < -0.39 is 0 Å². The van der Waals surface area contributed by atoms with Gasteiger partial charge in [0, 0.05) is 12.6 Å². The van der Waals surface area contributed by atoms with E-state index in [1.165, 1.54) is 18.4 Å². The first-order valence-electron chi connectivity index (χ1n) is 8.14. The molecule has 0 aliphatic carbocycles. The van der Waals surface area contributed by atoms with Crippen molar-refractivity contribution in [1.82, 2.24) is 5.32 Å². The molecule has 0 bridgehead atoms. The Morgan fingerprint density at radius 3 is 2.30 bits per heavy atom. The average Bonchev–Trinajstić information content (AvgIpc) is 2.47. The van der Waals surface area contributed by atoms with E-state index in [-0.39, 0.29) is 6.10 Å². The molecule has 0 saturated carbocycles. The second-order valence-corrected chi connectivity index (χ2v) is 5.53. The SMILES string of the molecule is CCCNC(C(C)CCC)C(OCC)c1ccccc1. The van der Waals surface area contributed by atoms with Gasteiger partial charge in [-0.1, -0.05) is 57.5 Å². The maximum atomic E-state index is 6.09. The lowest BCUT2D eigenvalue weighted by Gasteiger charge is -2.33. The van der Waals surface area contributed by atoms with Crippen molar-refractivity contribution >= 4 is 0 Å². The highest BCUT2D eigenvalue weighted by Gasteiger charge is 2.27. The molecular weight excluding hydrogens is 246 g/mol. The van der Waals surface area contributed by atoms with Crippen LogP contribution in [0.3, 0.4) is 0 Å². The van der Waals surface area contributed by atoms with Crippen LogP contribution in [0.4, 0.5) is 0 Å². The summed E-state index contributed by atoms with van der Waals surface area (Å²) >= 11 is 0. The molecule has 0 saturated heterocycles. The standard InChI is InChI=1S/C18H31NO/c1-5-11-15(4)17(19-14-6-2)18(20-7-3)16-12-9-8-10-13-16/h8-10,12-13,15,17-19H,5-7,11,14H2,1-4H3. The molecule has 0 fully saturated rings. The predicted molar refractivity (Wildman–Crippen MR) is 87.0 cm³/mol. The molecule has 0 aliphatic heterocycles. The van der Waals surface area contributed by atoms with Crippen molar-refractivity contribution in [3.63, 3.8) is 0 Å². The van der Waals surface area contributed by atoms with E-state index >= 15 is 0 Å². The van der Waals surface area contributed by atoms with E-state index in [0.717, 1.165) is 19.6 Å². The molecule has 2 nitrogen and oxygen atoms in total. The maximum absolute atomic E-state index is 6.09. The van der Waals surface area contributed by atoms with Gasteiger partial charge in [0.2, 0.25) is 0 Å². The zero-order valence-corrected chi connectivity index (χ0v) is 13.6. The Balaban J connectivity index is 2.91. The van der Waals surface area contributed by atoms with Crippen LogP contribution in [0.2, 0.25) is 0 Å². The predicted octanol–water partition coefficient (Wildman–Crippen LogP) is 4.57. The summed E-state index contributed by atoms with van der Waals surface area (Å²) in [5.74, 6) is 0.614. The second-order valence-electron chi connectivity index (χ2n) is 5.53. The Kier molecular flexibility index (Phi) is 8.56. The van der Waals surface area contributed by atoms with E-state index in [1.807, 2.05) is 0 Å². The number of nitrogens with one attached hydrogen (secondary N) is 1. The molecule has 20 heavy (non-hydrogen) atoms. The normalized spacial score (nSPS) is 15.8. The van der Waals surface area contributed by atoms with Crippen LogP contribution in [-0.4, -0.2) is 19.2 Å². The van der Waals surface area contributed by atoms with Crippen LogP contribution in [0, 0.1) is 5.92 Å². The topological polar surface area (TPSA) is 21.3 Å². The Morgan fingerprint density at radius 1 is 1.05 bits per heavy atom. The zero-order valence-electron chi connectivity index (χ0n) is 13.6. The van der Waals surface area contributed by atoms with Gasteiger partial charge >= 0.3 is 0 Å². The van der Waals surface area contributed by atoms with Gasteiger partial charge in [0.15, 0.2) is 0 Å². The van der Waals surface area contributed by atoms with Gasteiger partial charge in [0.05, 0.1) is 6.10 Å². The van der Waals surface area contributed by atoms with Crippen LogP contribution in [-0.2, 0) is 4.74 Å². The van der Waals surface area contributed by atoms with Crippen molar-refractivity contribution in [3.05, 3.63) is 35.9 Å². The summed E-state index contributed by atoms with van der Waals surface area (Å²) in [6.45, 7) is 10.7. The van der Waals surface area contributed by atoms with Gasteiger partial charge in [0.1, 0.15) is 0 Å². The summed E-state index contributed by atoms with van der Waals surface area (Å²) in [6.07, 6.45) is 3.76. The molecule has 114 valence electrons. The smallest absolute Gasteiger partial charge is 0.0980 e. The molecule has 0 aliphatic rings. The van der Waals surface area contributed by atoms with Crippen molar-refractivity contribution < 1.29 is 4.74 Å². The van der Waals surface area contributed by atoms with Crippen molar-refractivity contribution in [3.8, 4) is 0 Å².